The van der Waals surface area contributed by atoms with Crippen molar-refractivity contribution < 1.29 is 4.39 Å². The first-order chi connectivity index (χ1) is 10.2. The highest BCUT2D eigenvalue weighted by Crippen LogP contribution is 2.24. The zero-order valence-corrected chi connectivity index (χ0v) is 12.1. The number of aromatic nitrogens is 3. The zero-order chi connectivity index (χ0) is 14.8. The summed E-state index contributed by atoms with van der Waals surface area (Å²) in [4.78, 5) is 6.56. The van der Waals surface area contributed by atoms with Crippen LogP contribution in [0.5, 0.6) is 0 Å². The van der Waals surface area contributed by atoms with Crippen molar-refractivity contribution in [1.29, 1.82) is 0 Å². The third-order valence-electron chi connectivity index (χ3n) is 3.99. The molecule has 2 aromatic rings. The number of nitrogens with one attached hydrogen (secondary N) is 1. The summed E-state index contributed by atoms with van der Waals surface area (Å²) in [5.74, 6) is 1.30. The Morgan fingerprint density at radius 2 is 2.33 bits per heavy atom. The van der Waals surface area contributed by atoms with Gasteiger partial charge in [-0.3, -0.25) is 5.10 Å². The summed E-state index contributed by atoms with van der Waals surface area (Å²) in [5.41, 5.74) is 7.09. The SMILES string of the molecule is Cc1ccc(-c2nc(N3CCCC(CN)C3)n[nH]2)c(F)c1. The van der Waals surface area contributed by atoms with Crippen molar-refractivity contribution in [2.45, 2.75) is 19.8 Å². The van der Waals surface area contributed by atoms with Crippen LogP contribution in [0.1, 0.15) is 18.4 Å². The van der Waals surface area contributed by atoms with Gasteiger partial charge >= 0.3 is 0 Å². The third-order valence-corrected chi connectivity index (χ3v) is 3.99. The molecular weight excluding hydrogens is 269 g/mol. The lowest BCUT2D eigenvalue weighted by atomic mass is 9.99. The number of hydrogen-bond donors (Lipinski definition) is 2. The molecule has 1 aliphatic rings. The van der Waals surface area contributed by atoms with Crippen LogP contribution in [0.2, 0.25) is 0 Å². The molecule has 1 atom stereocenters. The molecule has 3 N–H and O–H groups in total. The summed E-state index contributed by atoms with van der Waals surface area (Å²) >= 11 is 0. The van der Waals surface area contributed by atoms with Crippen LogP contribution in [0.3, 0.4) is 0 Å². The maximum atomic E-state index is 14.0. The van der Waals surface area contributed by atoms with E-state index in [0.29, 0.717) is 29.8 Å². The van der Waals surface area contributed by atoms with E-state index < -0.39 is 0 Å². The molecule has 1 saturated heterocycles. The number of halogens is 1. The molecule has 1 fully saturated rings. The fourth-order valence-corrected chi connectivity index (χ4v) is 2.77. The van der Waals surface area contributed by atoms with Crippen LogP contribution in [-0.4, -0.2) is 34.8 Å². The van der Waals surface area contributed by atoms with Gasteiger partial charge in [0.1, 0.15) is 5.82 Å². The third kappa shape index (κ3) is 2.90. The Kier molecular flexibility index (Phi) is 3.88. The average molecular weight is 289 g/mol. The van der Waals surface area contributed by atoms with E-state index >= 15 is 0 Å². The molecule has 0 spiro atoms. The summed E-state index contributed by atoms with van der Waals surface area (Å²) < 4.78 is 14.0. The van der Waals surface area contributed by atoms with E-state index in [0.717, 1.165) is 31.5 Å². The van der Waals surface area contributed by atoms with Gasteiger partial charge in [0.25, 0.3) is 0 Å². The second kappa shape index (κ2) is 5.81. The van der Waals surface area contributed by atoms with Gasteiger partial charge in [-0.05, 0) is 49.9 Å². The van der Waals surface area contributed by atoms with Crippen molar-refractivity contribution in [3.63, 3.8) is 0 Å². The molecule has 0 bridgehead atoms. The maximum absolute atomic E-state index is 14.0. The van der Waals surface area contributed by atoms with Crippen LogP contribution in [-0.2, 0) is 0 Å². The molecule has 1 aliphatic heterocycles. The molecule has 1 unspecified atom stereocenters. The number of nitrogens with two attached hydrogens (primary N) is 1. The summed E-state index contributed by atoms with van der Waals surface area (Å²) in [6, 6.07) is 5.10. The highest BCUT2D eigenvalue weighted by molar-refractivity contribution is 5.57. The first-order valence-electron chi connectivity index (χ1n) is 7.31. The quantitative estimate of drug-likeness (QED) is 0.907. The topological polar surface area (TPSA) is 70.8 Å². The molecule has 1 aromatic heterocycles. The van der Waals surface area contributed by atoms with Gasteiger partial charge in [0.05, 0.1) is 5.56 Å². The average Bonchev–Trinajstić information content (AvgIpc) is 2.97. The first kappa shape index (κ1) is 14.0. The first-order valence-corrected chi connectivity index (χ1v) is 7.31. The predicted octanol–water partition coefficient (Wildman–Crippen LogP) is 2.09. The summed E-state index contributed by atoms with van der Waals surface area (Å²) in [6.45, 7) is 4.33. The predicted molar refractivity (Wildman–Crippen MR) is 80.5 cm³/mol. The van der Waals surface area contributed by atoms with Gasteiger partial charge in [0.15, 0.2) is 5.82 Å². The largest absolute Gasteiger partial charge is 0.339 e. The molecule has 5 nitrogen and oxygen atoms in total. The lowest BCUT2D eigenvalue weighted by Crippen LogP contribution is -2.38. The molecule has 0 amide bonds. The normalized spacial score (nSPS) is 19.0. The minimum Gasteiger partial charge on any atom is -0.339 e. The Hall–Kier alpha value is -1.95. The molecule has 2 heterocycles. The Morgan fingerprint density at radius 3 is 3.10 bits per heavy atom. The van der Waals surface area contributed by atoms with Crippen LogP contribution in [0, 0.1) is 18.7 Å². The molecule has 0 saturated carbocycles. The van der Waals surface area contributed by atoms with E-state index in [2.05, 4.69) is 20.1 Å². The number of H-pyrrole nitrogens is 1. The molecule has 1 aromatic carbocycles. The number of benzene rings is 1. The Labute approximate surface area is 123 Å². The second-order valence-electron chi connectivity index (χ2n) is 5.66. The maximum Gasteiger partial charge on any atom is 0.245 e. The number of piperidine rings is 1. The van der Waals surface area contributed by atoms with Crippen molar-refractivity contribution >= 4 is 5.95 Å². The number of nitrogens with zero attached hydrogens (tertiary/aromatic N) is 3. The van der Waals surface area contributed by atoms with Gasteiger partial charge in [0, 0.05) is 13.1 Å². The van der Waals surface area contributed by atoms with Crippen molar-refractivity contribution in [3.05, 3.63) is 29.6 Å². The van der Waals surface area contributed by atoms with Crippen LogP contribution in [0.15, 0.2) is 18.2 Å². The zero-order valence-electron chi connectivity index (χ0n) is 12.1. The van der Waals surface area contributed by atoms with E-state index in [9.17, 15) is 4.39 Å². The minimum absolute atomic E-state index is 0.281. The van der Waals surface area contributed by atoms with Gasteiger partial charge in [-0.2, -0.15) is 4.98 Å². The molecule has 112 valence electrons. The summed E-state index contributed by atoms with van der Waals surface area (Å²) in [5, 5.41) is 7.07. The fourth-order valence-electron chi connectivity index (χ4n) is 2.77. The van der Waals surface area contributed by atoms with Gasteiger partial charge in [0.2, 0.25) is 5.95 Å². The standard InChI is InChI=1S/C15H20FN5/c1-10-4-5-12(13(16)7-10)14-18-15(20-19-14)21-6-2-3-11(8-17)9-21/h4-5,7,11H,2-3,6,8-9,17H2,1H3,(H,18,19,20). The lowest BCUT2D eigenvalue weighted by Gasteiger charge is -2.31. The number of anilines is 1. The molecule has 21 heavy (non-hydrogen) atoms. The Morgan fingerprint density at radius 1 is 1.48 bits per heavy atom. The van der Waals surface area contributed by atoms with Gasteiger partial charge < -0.3 is 10.6 Å². The number of aromatic amines is 1. The van der Waals surface area contributed by atoms with Gasteiger partial charge in [-0.15, -0.1) is 5.10 Å². The number of aryl methyl sites for hydroxylation is 1. The summed E-state index contributed by atoms with van der Waals surface area (Å²) in [7, 11) is 0. The molecule has 0 radical (unpaired) electrons. The molecule has 6 heteroatoms. The van der Waals surface area contributed by atoms with Gasteiger partial charge in [-0.1, -0.05) is 6.07 Å². The smallest absolute Gasteiger partial charge is 0.245 e. The highest BCUT2D eigenvalue weighted by Gasteiger charge is 2.22. The Bertz CT molecular complexity index is 624. The van der Waals surface area contributed by atoms with Crippen LogP contribution < -0.4 is 10.6 Å². The van der Waals surface area contributed by atoms with Crippen molar-refractivity contribution in [1.82, 2.24) is 15.2 Å². The fraction of sp³-hybridized carbons (Fsp3) is 0.467. The molecule has 3 rings (SSSR count). The number of rotatable bonds is 3. The minimum atomic E-state index is -0.281. The van der Waals surface area contributed by atoms with E-state index in [1.165, 1.54) is 6.07 Å². The second-order valence-corrected chi connectivity index (χ2v) is 5.66. The van der Waals surface area contributed by atoms with Crippen LogP contribution in [0.25, 0.3) is 11.4 Å². The Balaban J connectivity index is 1.83. The molecule has 0 aliphatic carbocycles. The van der Waals surface area contributed by atoms with Gasteiger partial charge in [-0.25, -0.2) is 4.39 Å². The monoisotopic (exact) mass is 289 g/mol. The number of hydrogen-bond acceptors (Lipinski definition) is 4. The highest BCUT2D eigenvalue weighted by atomic mass is 19.1. The van der Waals surface area contributed by atoms with E-state index in [4.69, 9.17) is 5.73 Å². The van der Waals surface area contributed by atoms with E-state index in [1.54, 1.807) is 6.07 Å². The van der Waals surface area contributed by atoms with Crippen molar-refractivity contribution in [2.75, 3.05) is 24.5 Å². The lowest BCUT2D eigenvalue weighted by molar-refractivity contribution is 0.420. The van der Waals surface area contributed by atoms with E-state index in [-0.39, 0.29) is 5.82 Å². The van der Waals surface area contributed by atoms with Crippen molar-refractivity contribution in [3.8, 4) is 11.4 Å². The summed E-state index contributed by atoms with van der Waals surface area (Å²) in [6.07, 6.45) is 2.24. The van der Waals surface area contributed by atoms with Crippen LogP contribution >= 0.6 is 0 Å². The van der Waals surface area contributed by atoms with Crippen LogP contribution in [0.4, 0.5) is 10.3 Å². The molecular formula is C15H20FN5. The van der Waals surface area contributed by atoms with E-state index in [1.807, 2.05) is 13.0 Å². The van der Waals surface area contributed by atoms with Crippen molar-refractivity contribution in [2.24, 2.45) is 11.7 Å².